The summed E-state index contributed by atoms with van der Waals surface area (Å²) in [5.74, 6) is 0.812. The number of para-hydroxylation sites is 1. The molecule has 1 aliphatic heterocycles. The Morgan fingerprint density at radius 1 is 0.941 bits per heavy atom. The molecule has 0 radical (unpaired) electrons. The molecule has 1 amide bonds. The Labute approximate surface area is 205 Å². The third kappa shape index (κ3) is 4.04. The lowest BCUT2D eigenvalue weighted by molar-refractivity contribution is -0.121. The van der Waals surface area contributed by atoms with E-state index < -0.39 is 0 Å². The molecule has 5 rings (SSSR count). The Bertz CT molecular complexity index is 1010. The van der Waals surface area contributed by atoms with E-state index in [1.54, 1.807) is 0 Å². The van der Waals surface area contributed by atoms with Crippen LogP contribution >= 0.6 is 0 Å². The van der Waals surface area contributed by atoms with Gasteiger partial charge in [0.25, 0.3) is 0 Å². The monoisotopic (exact) mass is 459 g/mol. The molecular weight excluding hydrogens is 418 g/mol. The molecule has 2 aromatic carbocycles. The van der Waals surface area contributed by atoms with Gasteiger partial charge in [-0.25, -0.2) is 0 Å². The van der Waals surface area contributed by atoms with Gasteiger partial charge in [0, 0.05) is 36.3 Å². The van der Waals surface area contributed by atoms with E-state index in [0.717, 1.165) is 25.7 Å². The number of rotatable bonds is 5. The normalized spacial score (nSPS) is 32.1. The van der Waals surface area contributed by atoms with Crippen molar-refractivity contribution >= 4 is 11.6 Å². The van der Waals surface area contributed by atoms with E-state index in [1.807, 2.05) is 0 Å². The number of anilines is 1. The number of benzene rings is 2. The van der Waals surface area contributed by atoms with E-state index in [4.69, 9.17) is 0 Å². The van der Waals surface area contributed by atoms with Gasteiger partial charge in [0.15, 0.2) is 0 Å². The number of hydrogen-bond acceptors (Lipinski definition) is 3. The van der Waals surface area contributed by atoms with Crippen LogP contribution in [0, 0.1) is 5.41 Å². The third-order valence-electron chi connectivity index (χ3n) is 9.56. The second-order valence-electron chi connectivity index (χ2n) is 11.8. The fourth-order valence-electron chi connectivity index (χ4n) is 7.33. The van der Waals surface area contributed by atoms with Gasteiger partial charge >= 0.3 is 0 Å². The second kappa shape index (κ2) is 9.03. The molecule has 2 aromatic rings. The molecule has 182 valence electrons. The molecule has 34 heavy (non-hydrogen) atoms. The summed E-state index contributed by atoms with van der Waals surface area (Å²) < 4.78 is 0. The Kier molecular flexibility index (Phi) is 6.22. The number of amides is 1. The zero-order valence-corrected chi connectivity index (χ0v) is 21.3. The molecule has 2 N–H and O–H groups in total. The highest BCUT2D eigenvalue weighted by atomic mass is 16.2. The first-order chi connectivity index (χ1) is 16.3. The fraction of sp³-hybridized carbons (Fsp3) is 0.567. The van der Waals surface area contributed by atoms with Crippen molar-refractivity contribution in [3.8, 4) is 0 Å². The molecule has 0 bridgehead atoms. The molecule has 0 saturated heterocycles. The maximum absolute atomic E-state index is 12.9. The van der Waals surface area contributed by atoms with Gasteiger partial charge in [0.2, 0.25) is 5.91 Å². The molecule has 3 aliphatic rings. The fourth-order valence-corrected chi connectivity index (χ4v) is 7.33. The van der Waals surface area contributed by atoms with Gasteiger partial charge in [-0.1, -0.05) is 69.3 Å². The number of nitrogens with zero attached hydrogens (tertiary/aromatic N) is 1. The SMILES string of the molecule is CN1c2ccccc2C2(C)C1C[C@H](NC(=O)CNC1CCC(c3ccccc3)CC1)CC2(C)C. The van der Waals surface area contributed by atoms with Crippen molar-refractivity contribution in [3.05, 3.63) is 65.7 Å². The number of hydrogen-bond donors (Lipinski definition) is 2. The van der Waals surface area contributed by atoms with E-state index in [1.165, 1.54) is 29.7 Å². The van der Waals surface area contributed by atoms with E-state index in [2.05, 4.69) is 97.9 Å². The zero-order chi connectivity index (χ0) is 23.9. The van der Waals surface area contributed by atoms with Gasteiger partial charge in [-0.05, 0) is 67.1 Å². The predicted molar refractivity (Wildman–Crippen MR) is 140 cm³/mol. The van der Waals surface area contributed by atoms with Gasteiger partial charge in [-0.3, -0.25) is 4.79 Å². The average Bonchev–Trinajstić information content (AvgIpc) is 3.07. The van der Waals surface area contributed by atoms with E-state index in [0.29, 0.717) is 24.5 Å². The van der Waals surface area contributed by atoms with E-state index in [9.17, 15) is 4.79 Å². The van der Waals surface area contributed by atoms with Gasteiger partial charge in [0.1, 0.15) is 0 Å². The van der Waals surface area contributed by atoms with Crippen LogP contribution in [0.5, 0.6) is 0 Å². The van der Waals surface area contributed by atoms with Crippen LogP contribution in [0.25, 0.3) is 0 Å². The number of nitrogens with one attached hydrogen (secondary N) is 2. The van der Waals surface area contributed by atoms with Crippen LogP contribution in [0.3, 0.4) is 0 Å². The summed E-state index contributed by atoms with van der Waals surface area (Å²) >= 11 is 0. The molecular formula is C30H41N3O. The maximum Gasteiger partial charge on any atom is 0.234 e. The lowest BCUT2D eigenvalue weighted by atomic mass is 9.54. The Balaban J connectivity index is 1.15. The predicted octanol–water partition coefficient (Wildman–Crippen LogP) is 5.38. The minimum atomic E-state index is 0.0925. The first-order valence-corrected chi connectivity index (χ1v) is 13.2. The van der Waals surface area contributed by atoms with Gasteiger partial charge < -0.3 is 15.5 Å². The molecule has 2 fully saturated rings. The molecule has 4 nitrogen and oxygen atoms in total. The highest BCUT2D eigenvalue weighted by molar-refractivity contribution is 5.78. The number of carbonyl (C=O) groups excluding carboxylic acids is 1. The van der Waals surface area contributed by atoms with Crippen molar-refractivity contribution in [1.29, 1.82) is 0 Å². The van der Waals surface area contributed by atoms with Crippen molar-refractivity contribution < 1.29 is 4.79 Å². The Hall–Kier alpha value is -2.33. The van der Waals surface area contributed by atoms with Crippen LogP contribution in [-0.2, 0) is 10.2 Å². The minimum absolute atomic E-state index is 0.0925. The zero-order valence-electron chi connectivity index (χ0n) is 21.3. The number of likely N-dealkylation sites (N-methyl/N-ethyl adjacent to an activating group) is 1. The highest BCUT2D eigenvalue weighted by Crippen LogP contribution is 2.59. The van der Waals surface area contributed by atoms with Crippen LogP contribution in [0.1, 0.15) is 76.3 Å². The van der Waals surface area contributed by atoms with E-state index in [-0.39, 0.29) is 22.8 Å². The Morgan fingerprint density at radius 2 is 1.62 bits per heavy atom. The van der Waals surface area contributed by atoms with Gasteiger partial charge in [0.05, 0.1) is 6.54 Å². The van der Waals surface area contributed by atoms with Crippen LogP contribution in [0.15, 0.2) is 54.6 Å². The van der Waals surface area contributed by atoms with Crippen LogP contribution in [0.2, 0.25) is 0 Å². The average molecular weight is 460 g/mol. The molecule has 1 heterocycles. The standard InChI is InChI=1S/C30H41N3O/c1-29(2)19-24(18-27-30(29,3)25-12-8-9-13-26(25)33(27)4)32-28(34)20-31-23-16-14-22(15-17-23)21-10-6-5-7-11-21/h5-13,22-24,27,31H,14-20H2,1-4H3,(H,32,34)/t22?,23?,24-,27?,30?/m0/s1. The van der Waals surface area contributed by atoms with Crippen molar-refractivity contribution in [2.75, 3.05) is 18.5 Å². The minimum Gasteiger partial charge on any atom is -0.370 e. The number of carbonyl (C=O) groups is 1. The highest BCUT2D eigenvalue weighted by Gasteiger charge is 2.58. The Morgan fingerprint density at radius 3 is 2.35 bits per heavy atom. The molecule has 0 spiro atoms. The molecule has 2 saturated carbocycles. The van der Waals surface area contributed by atoms with Gasteiger partial charge in [-0.15, -0.1) is 0 Å². The summed E-state index contributed by atoms with van der Waals surface area (Å²) in [4.78, 5) is 15.4. The first-order valence-electron chi connectivity index (χ1n) is 13.2. The summed E-state index contributed by atoms with van der Waals surface area (Å²) in [6.07, 6.45) is 6.70. The largest absolute Gasteiger partial charge is 0.370 e. The van der Waals surface area contributed by atoms with Crippen molar-refractivity contribution in [2.24, 2.45) is 5.41 Å². The summed E-state index contributed by atoms with van der Waals surface area (Å²) in [6, 6.07) is 20.8. The topological polar surface area (TPSA) is 44.4 Å². The lowest BCUT2D eigenvalue weighted by Gasteiger charge is -2.53. The van der Waals surface area contributed by atoms with Crippen LogP contribution in [-0.4, -0.2) is 37.6 Å². The number of fused-ring (bicyclic) bond motifs is 3. The van der Waals surface area contributed by atoms with Gasteiger partial charge in [-0.2, -0.15) is 0 Å². The third-order valence-corrected chi connectivity index (χ3v) is 9.56. The van der Waals surface area contributed by atoms with Crippen LogP contribution in [0.4, 0.5) is 5.69 Å². The quantitative estimate of drug-likeness (QED) is 0.631. The summed E-state index contributed by atoms with van der Waals surface area (Å²) in [7, 11) is 2.22. The molecule has 2 unspecified atom stereocenters. The molecule has 0 aromatic heterocycles. The van der Waals surface area contributed by atoms with Crippen molar-refractivity contribution in [3.63, 3.8) is 0 Å². The van der Waals surface area contributed by atoms with Crippen molar-refractivity contribution in [1.82, 2.24) is 10.6 Å². The maximum atomic E-state index is 12.9. The van der Waals surface area contributed by atoms with E-state index >= 15 is 0 Å². The second-order valence-corrected chi connectivity index (χ2v) is 11.8. The molecule has 3 atom stereocenters. The summed E-state index contributed by atoms with van der Waals surface area (Å²) in [5, 5.41) is 6.96. The summed E-state index contributed by atoms with van der Waals surface area (Å²) in [5.41, 5.74) is 4.46. The molecule has 4 heteroatoms. The summed E-state index contributed by atoms with van der Waals surface area (Å²) in [6.45, 7) is 7.64. The first kappa shape index (κ1) is 23.4. The molecule has 2 aliphatic carbocycles. The van der Waals surface area contributed by atoms with Crippen LogP contribution < -0.4 is 15.5 Å². The lowest BCUT2D eigenvalue weighted by Crippen LogP contribution is -2.60. The van der Waals surface area contributed by atoms with Crippen molar-refractivity contribution in [2.45, 2.75) is 88.8 Å². The smallest absolute Gasteiger partial charge is 0.234 e.